The van der Waals surface area contributed by atoms with E-state index in [1.54, 1.807) is 0 Å². The maximum Gasteiger partial charge on any atom is 0.0332 e. The van der Waals surface area contributed by atoms with Crippen LogP contribution in [0.2, 0.25) is 0 Å². The van der Waals surface area contributed by atoms with Crippen molar-refractivity contribution in [2.45, 2.75) is 103 Å². The van der Waals surface area contributed by atoms with E-state index in [2.05, 4.69) is 37.9 Å². The zero-order valence-electron chi connectivity index (χ0n) is 14.3. The SMILES string of the molecule is CCC1(CC)CN(C2CCCCC2)C(CC)(CC)CN1. The summed E-state index contributed by atoms with van der Waals surface area (Å²) < 4.78 is 0. The zero-order chi connectivity index (χ0) is 14.6. The Hall–Kier alpha value is -0.0800. The topological polar surface area (TPSA) is 15.3 Å². The summed E-state index contributed by atoms with van der Waals surface area (Å²) in [7, 11) is 0. The molecule has 0 aromatic rings. The number of nitrogens with one attached hydrogen (secondary N) is 1. The quantitative estimate of drug-likeness (QED) is 0.806. The van der Waals surface area contributed by atoms with Gasteiger partial charge < -0.3 is 5.32 Å². The van der Waals surface area contributed by atoms with Gasteiger partial charge in [-0.1, -0.05) is 47.0 Å². The van der Waals surface area contributed by atoms with Gasteiger partial charge in [0.05, 0.1) is 0 Å². The molecule has 0 amide bonds. The zero-order valence-corrected chi connectivity index (χ0v) is 14.3. The van der Waals surface area contributed by atoms with Crippen molar-refractivity contribution < 1.29 is 0 Å². The van der Waals surface area contributed by atoms with E-state index < -0.39 is 0 Å². The normalized spacial score (nSPS) is 27.6. The lowest BCUT2D eigenvalue weighted by atomic mass is 9.78. The van der Waals surface area contributed by atoms with Crippen molar-refractivity contribution in [1.82, 2.24) is 10.2 Å². The predicted molar refractivity (Wildman–Crippen MR) is 88.2 cm³/mol. The molecular weight excluding hydrogens is 244 g/mol. The highest BCUT2D eigenvalue weighted by Gasteiger charge is 2.46. The van der Waals surface area contributed by atoms with Gasteiger partial charge in [-0.3, -0.25) is 4.90 Å². The lowest BCUT2D eigenvalue weighted by Gasteiger charge is -2.57. The molecule has 1 aliphatic carbocycles. The number of hydrogen-bond acceptors (Lipinski definition) is 2. The standard InChI is InChI=1S/C18H36N2/c1-5-17(6-2)15-20(16-12-10-9-11-13-16)18(7-3,8-4)14-19-17/h16,19H,5-15H2,1-4H3. The van der Waals surface area contributed by atoms with E-state index >= 15 is 0 Å². The maximum absolute atomic E-state index is 3.95. The molecule has 2 heteroatoms. The smallest absolute Gasteiger partial charge is 0.0332 e. The highest BCUT2D eigenvalue weighted by atomic mass is 15.3. The molecule has 0 radical (unpaired) electrons. The molecule has 0 atom stereocenters. The van der Waals surface area contributed by atoms with E-state index in [9.17, 15) is 0 Å². The molecule has 2 nitrogen and oxygen atoms in total. The average Bonchev–Trinajstić information content (AvgIpc) is 2.55. The van der Waals surface area contributed by atoms with Crippen molar-refractivity contribution in [1.29, 1.82) is 0 Å². The Morgan fingerprint density at radius 1 is 0.900 bits per heavy atom. The molecule has 1 N–H and O–H groups in total. The molecule has 0 spiro atoms. The Bertz CT molecular complexity index is 286. The van der Waals surface area contributed by atoms with Gasteiger partial charge in [0, 0.05) is 30.2 Å². The summed E-state index contributed by atoms with van der Waals surface area (Å²) in [6.07, 6.45) is 12.3. The fraction of sp³-hybridized carbons (Fsp3) is 1.00. The van der Waals surface area contributed by atoms with Gasteiger partial charge in [-0.2, -0.15) is 0 Å². The molecular formula is C18H36N2. The summed E-state index contributed by atoms with van der Waals surface area (Å²) in [6.45, 7) is 12.0. The van der Waals surface area contributed by atoms with Crippen LogP contribution in [-0.4, -0.2) is 35.1 Å². The van der Waals surface area contributed by atoms with Crippen LogP contribution in [0.25, 0.3) is 0 Å². The van der Waals surface area contributed by atoms with Crippen molar-refractivity contribution in [2.24, 2.45) is 0 Å². The molecule has 2 rings (SSSR count). The Morgan fingerprint density at radius 3 is 2.00 bits per heavy atom. The van der Waals surface area contributed by atoms with Gasteiger partial charge in [0.1, 0.15) is 0 Å². The van der Waals surface area contributed by atoms with Crippen LogP contribution in [0.5, 0.6) is 0 Å². The summed E-state index contributed by atoms with van der Waals surface area (Å²) in [5, 5.41) is 3.95. The van der Waals surface area contributed by atoms with Gasteiger partial charge in [-0.05, 0) is 38.5 Å². The van der Waals surface area contributed by atoms with Crippen LogP contribution in [0.4, 0.5) is 0 Å². The van der Waals surface area contributed by atoms with Gasteiger partial charge in [-0.25, -0.2) is 0 Å². The van der Waals surface area contributed by atoms with Gasteiger partial charge >= 0.3 is 0 Å². The third-order valence-electron chi connectivity index (χ3n) is 6.56. The summed E-state index contributed by atoms with van der Waals surface area (Å²) in [5.41, 5.74) is 0.779. The van der Waals surface area contributed by atoms with Crippen molar-refractivity contribution in [3.05, 3.63) is 0 Å². The third-order valence-corrected chi connectivity index (χ3v) is 6.56. The first-order valence-corrected chi connectivity index (χ1v) is 9.17. The number of nitrogens with zero attached hydrogens (tertiary/aromatic N) is 1. The van der Waals surface area contributed by atoms with E-state index in [0.717, 1.165) is 6.04 Å². The van der Waals surface area contributed by atoms with Crippen LogP contribution in [0, 0.1) is 0 Å². The van der Waals surface area contributed by atoms with Crippen molar-refractivity contribution in [3.63, 3.8) is 0 Å². The minimum atomic E-state index is 0.366. The summed E-state index contributed by atoms with van der Waals surface area (Å²) in [5.74, 6) is 0. The Morgan fingerprint density at radius 2 is 1.50 bits per heavy atom. The van der Waals surface area contributed by atoms with Gasteiger partial charge in [0.15, 0.2) is 0 Å². The number of hydrogen-bond donors (Lipinski definition) is 1. The van der Waals surface area contributed by atoms with Gasteiger partial charge in [-0.15, -0.1) is 0 Å². The monoisotopic (exact) mass is 280 g/mol. The molecule has 0 aromatic heterocycles. The number of piperazine rings is 1. The molecule has 1 saturated heterocycles. The van der Waals surface area contributed by atoms with Crippen LogP contribution in [0.1, 0.15) is 85.5 Å². The van der Waals surface area contributed by atoms with E-state index in [1.807, 2.05) is 0 Å². The molecule has 2 aliphatic rings. The van der Waals surface area contributed by atoms with E-state index in [1.165, 1.54) is 70.9 Å². The Balaban J connectivity index is 2.22. The third kappa shape index (κ3) is 2.92. The summed E-state index contributed by atoms with van der Waals surface area (Å²) >= 11 is 0. The van der Waals surface area contributed by atoms with Crippen molar-refractivity contribution in [2.75, 3.05) is 13.1 Å². The molecule has 0 unspecified atom stereocenters. The molecule has 0 bridgehead atoms. The lowest BCUT2D eigenvalue weighted by Crippen LogP contribution is -2.71. The molecule has 118 valence electrons. The van der Waals surface area contributed by atoms with E-state index in [-0.39, 0.29) is 0 Å². The first-order valence-electron chi connectivity index (χ1n) is 9.17. The Labute approximate surface area is 126 Å². The largest absolute Gasteiger partial charge is 0.308 e. The predicted octanol–water partition coefficient (Wildman–Crippen LogP) is 4.34. The van der Waals surface area contributed by atoms with Crippen LogP contribution >= 0.6 is 0 Å². The second-order valence-corrected chi connectivity index (χ2v) is 7.19. The Kier molecular flexibility index (Phi) is 5.53. The average molecular weight is 280 g/mol. The van der Waals surface area contributed by atoms with Crippen molar-refractivity contribution in [3.8, 4) is 0 Å². The minimum Gasteiger partial charge on any atom is -0.308 e. The lowest BCUT2D eigenvalue weighted by molar-refractivity contribution is -0.0447. The summed E-state index contributed by atoms with van der Waals surface area (Å²) in [4.78, 5) is 2.95. The van der Waals surface area contributed by atoms with Crippen LogP contribution in [0.15, 0.2) is 0 Å². The molecule has 1 saturated carbocycles. The van der Waals surface area contributed by atoms with Crippen LogP contribution in [-0.2, 0) is 0 Å². The van der Waals surface area contributed by atoms with E-state index in [4.69, 9.17) is 0 Å². The van der Waals surface area contributed by atoms with Gasteiger partial charge in [0.2, 0.25) is 0 Å². The fourth-order valence-electron chi connectivity index (χ4n) is 4.54. The van der Waals surface area contributed by atoms with Gasteiger partial charge in [0.25, 0.3) is 0 Å². The second-order valence-electron chi connectivity index (χ2n) is 7.19. The maximum atomic E-state index is 3.95. The van der Waals surface area contributed by atoms with Crippen molar-refractivity contribution >= 4 is 0 Å². The highest BCUT2D eigenvalue weighted by Crippen LogP contribution is 2.38. The first kappa shape index (κ1) is 16.3. The van der Waals surface area contributed by atoms with Crippen LogP contribution in [0.3, 0.4) is 0 Å². The first-order chi connectivity index (χ1) is 9.65. The minimum absolute atomic E-state index is 0.366. The molecule has 0 aromatic carbocycles. The summed E-state index contributed by atoms with van der Waals surface area (Å²) in [6, 6.07) is 0.850. The fourth-order valence-corrected chi connectivity index (χ4v) is 4.54. The molecule has 20 heavy (non-hydrogen) atoms. The highest BCUT2D eigenvalue weighted by molar-refractivity contribution is 5.05. The molecule has 1 aliphatic heterocycles. The second kappa shape index (κ2) is 6.79. The van der Waals surface area contributed by atoms with E-state index in [0.29, 0.717) is 11.1 Å². The van der Waals surface area contributed by atoms with Crippen LogP contribution < -0.4 is 5.32 Å². The molecule has 1 heterocycles. The molecule has 2 fully saturated rings. The number of rotatable bonds is 5.